The number of hydrogen-bond acceptors (Lipinski definition) is 3. The van der Waals surface area contributed by atoms with Crippen molar-refractivity contribution in [3.8, 4) is 0 Å². The van der Waals surface area contributed by atoms with Crippen molar-refractivity contribution in [1.29, 1.82) is 0 Å². The molecule has 0 unspecified atom stereocenters. The Morgan fingerprint density at radius 2 is 2.00 bits per heavy atom. The molecule has 0 aromatic carbocycles. The molecule has 2 aliphatic rings. The Kier molecular flexibility index (Phi) is 2.54. The number of rotatable bonds is 1. The second kappa shape index (κ2) is 3.66. The lowest BCUT2D eigenvalue weighted by molar-refractivity contribution is -0.149. The van der Waals surface area contributed by atoms with Crippen LogP contribution in [0.5, 0.6) is 0 Å². The Morgan fingerprint density at radius 1 is 1.31 bits per heavy atom. The predicted octanol–water partition coefficient (Wildman–Crippen LogP) is 1.03. The van der Waals surface area contributed by atoms with Crippen LogP contribution in [0.15, 0.2) is 0 Å². The van der Waals surface area contributed by atoms with Crippen LogP contribution >= 0.6 is 0 Å². The van der Waals surface area contributed by atoms with Crippen molar-refractivity contribution >= 4 is 5.97 Å². The van der Waals surface area contributed by atoms with Crippen molar-refractivity contribution in [1.82, 2.24) is 4.90 Å². The molecule has 0 spiro atoms. The van der Waals surface area contributed by atoms with Gasteiger partial charge in [-0.25, -0.2) is 0 Å². The smallest absolute Gasteiger partial charge is 0.310 e. The van der Waals surface area contributed by atoms with E-state index < -0.39 is 0 Å². The summed E-state index contributed by atoms with van der Waals surface area (Å²) in [7, 11) is 1.50. The number of carbonyl (C=O) groups excluding carboxylic acids is 1. The lowest BCUT2D eigenvalue weighted by Crippen LogP contribution is -2.44. The van der Waals surface area contributed by atoms with E-state index in [0.717, 1.165) is 12.8 Å². The molecular formula is C10H17NO2. The van der Waals surface area contributed by atoms with E-state index in [-0.39, 0.29) is 11.9 Å². The van der Waals surface area contributed by atoms with Gasteiger partial charge in [0.2, 0.25) is 0 Å². The van der Waals surface area contributed by atoms with Crippen molar-refractivity contribution in [2.75, 3.05) is 20.2 Å². The highest BCUT2D eigenvalue weighted by Crippen LogP contribution is 2.32. The summed E-state index contributed by atoms with van der Waals surface area (Å²) >= 11 is 0. The van der Waals surface area contributed by atoms with Crippen LogP contribution in [0.1, 0.15) is 25.7 Å². The number of hydrogen-bond donors (Lipinski definition) is 0. The van der Waals surface area contributed by atoms with Crippen LogP contribution in [0.25, 0.3) is 0 Å². The monoisotopic (exact) mass is 183 g/mol. The van der Waals surface area contributed by atoms with Gasteiger partial charge in [0, 0.05) is 6.04 Å². The van der Waals surface area contributed by atoms with Crippen LogP contribution in [-0.2, 0) is 9.53 Å². The third-order valence-corrected chi connectivity index (χ3v) is 3.34. The van der Waals surface area contributed by atoms with Gasteiger partial charge in [0.15, 0.2) is 0 Å². The van der Waals surface area contributed by atoms with Gasteiger partial charge in [0.05, 0.1) is 13.0 Å². The van der Waals surface area contributed by atoms with Gasteiger partial charge in [-0.3, -0.25) is 9.69 Å². The van der Waals surface area contributed by atoms with Crippen LogP contribution in [0.3, 0.4) is 0 Å². The molecule has 3 heteroatoms. The molecule has 0 aromatic heterocycles. The molecule has 3 nitrogen and oxygen atoms in total. The summed E-state index contributed by atoms with van der Waals surface area (Å²) in [5, 5.41) is 0. The van der Waals surface area contributed by atoms with Crippen molar-refractivity contribution in [2.24, 2.45) is 5.92 Å². The van der Waals surface area contributed by atoms with Gasteiger partial charge in [-0.05, 0) is 38.8 Å². The van der Waals surface area contributed by atoms with E-state index in [0.29, 0.717) is 6.04 Å². The molecular weight excluding hydrogens is 166 g/mol. The summed E-state index contributed by atoms with van der Waals surface area (Å²) in [6, 6.07) is 0.487. The topological polar surface area (TPSA) is 29.5 Å². The Labute approximate surface area is 79.0 Å². The van der Waals surface area contributed by atoms with Gasteiger partial charge in [0.1, 0.15) is 0 Å². The first-order chi connectivity index (χ1) is 6.33. The second-order valence-electron chi connectivity index (χ2n) is 4.02. The maximum atomic E-state index is 11.5. The molecule has 2 saturated heterocycles. The summed E-state index contributed by atoms with van der Waals surface area (Å²) < 4.78 is 4.83. The first-order valence-corrected chi connectivity index (χ1v) is 5.15. The molecule has 2 atom stereocenters. The van der Waals surface area contributed by atoms with Crippen molar-refractivity contribution in [3.05, 3.63) is 0 Å². The zero-order valence-corrected chi connectivity index (χ0v) is 8.16. The number of piperidine rings is 1. The van der Waals surface area contributed by atoms with Crippen LogP contribution < -0.4 is 0 Å². The molecule has 0 radical (unpaired) electrons. The summed E-state index contributed by atoms with van der Waals surface area (Å²) in [6.07, 6.45) is 4.60. The maximum Gasteiger partial charge on any atom is 0.310 e. The van der Waals surface area contributed by atoms with E-state index in [1.54, 1.807) is 0 Å². The van der Waals surface area contributed by atoms with Gasteiger partial charge >= 0.3 is 5.97 Å². The van der Waals surface area contributed by atoms with Crippen LogP contribution in [0.2, 0.25) is 0 Å². The van der Waals surface area contributed by atoms with Gasteiger partial charge in [-0.1, -0.05) is 0 Å². The Morgan fingerprint density at radius 3 is 2.69 bits per heavy atom. The normalized spacial score (nSPS) is 34.2. The SMILES string of the molecule is COC(=O)[C@H]1CCCN2CCC[C@H]12. The lowest BCUT2D eigenvalue weighted by atomic mass is 9.89. The average Bonchev–Trinajstić information content (AvgIpc) is 2.63. The fourth-order valence-corrected chi connectivity index (χ4v) is 2.72. The number of fused-ring (bicyclic) bond motifs is 1. The minimum atomic E-state index is -0.00315. The fraction of sp³-hybridized carbons (Fsp3) is 0.900. The third kappa shape index (κ3) is 1.57. The van der Waals surface area contributed by atoms with E-state index in [4.69, 9.17) is 4.74 Å². The minimum Gasteiger partial charge on any atom is -0.469 e. The molecule has 2 rings (SSSR count). The number of ether oxygens (including phenoxy) is 1. The standard InChI is InChI=1S/C10H17NO2/c1-13-10(12)8-4-2-6-11-7-3-5-9(8)11/h8-9H,2-7H2,1H3/t8-,9+/m0/s1. The molecule has 0 bridgehead atoms. The summed E-state index contributed by atoms with van der Waals surface area (Å²) in [6.45, 7) is 2.36. The molecule has 74 valence electrons. The third-order valence-electron chi connectivity index (χ3n) is 3.34. The number of nitrogens with zero attached hydrogens (tertiary/aromatic N) is 1. The Balaban J connectivity index is 2.05. The predicted molar refractivity (Wildman–Crippen MR) is 49.3 cm³/mol. The second-order valence-corrected chi connectivity index (χ2v) is 4.02. The highest BCUT2D eigenvalue weighted by Gasteiger charge is 2.38. The molecule has 2 fully saturated rings. The molecule has 0 saturated carbocycles. The molecule has 13 heavy (non-hydrogen) atoms. The van der Waals surface area contributed by atoms with Crippen LogP contribution in [0.4, 0.5) is 0 Å². The molecule has 2 heterocycles. The molecule has 0 aliphatic carbocycles. The van der Waals surface area contributed by atoms with E-state index in [9.17, 15) is 4.79 Å². The lowest BCUT2D eigenvalue weighted by Gasteiger charge is -2.34. The van der Waals surface area contributed by atoms with Gasteiger partial charge < -0.3 is 4.74 Å². The molecule has 0 amide bonds. The largest absolute Gasteiger partial charge is 0.469 e. The Bertz CT molecular complexity index is 205. The molecule has 0 aromatic rings. The first-order valence-electron chi connectivity index (χ1n) is 5.15. The summed E-state index contributed by atoms with van der Waals surface area (Å²) in [4.78, 5) is 13.9. The van der Waals surface area contributed by atoms with Gasteiger partial charge in [-0.15, -0.1) is 0 Å². The van der Waals surface area contributed by atoms with Gasteiger partial charge in [0.25, 0.3) is 0 Å². The molecule has 0 N–H and O–H groups in total. The highest BCUT2D eigenvalue weighted by molar-refractivity contribution is 5.73. The zero-order valence-electron chi connectivity index (χ0n) is 8.16. The maximum absolute atomic E-state index is 11.5. The first kappa shape index (κ1) is 9.00. The van der Waals surface area contributed by atoms with E-state index in [2.05, 4.69) is 4.90 Å². The molecule has 2 aliphatic heterocycles. The minimum absolute atomic E-state index is 0.00315. The number of esters is 1. The van der Waals surface area contributed by atoms with E-state index >= 15 is 0 Å². The van der Waals surface area contributed by atoms with Crippen molar-refractivity contribution in [2.45, 2.75) is 31.7 Å². The van der Waals surface area contributed by atoms with Crippen LogP contribution in [0, 0.1) is 5.92 Å². The summed E-state index contributed by atoms with van der Waals surface area (Å²) in [5.41, 5.74) is 0. The average molecular weight is 183 g/mol. The Hall–Kier alpha value is -0.570. The zero-order chi connectivity index (χ0) is 9.26. The van der Waals surface area contributed by atoms with Crippen molar-refractivity contribution < 1.29 is 9.53 Å². The van der Waals surface area contributed by atoms with Crippen LogP contribution in [-0.4, -0.2) is 37.1 Å². The van der Waals surface area contributed by atoms with Gasteiger partial charge in [-0.2, -0.15) is 0 Å². The van der Waals surface area contributed by atoms with E-state index in [1.165, 1.54) is 33.0 Å². The highest BCUT2D eigenvalue weighted by atomic mass is 16.5. The number of methoxy groups -OCH3 is 1. The quantitative estimate of drug-likeness (QED) is 0.569. The fourth-order valence-electron chi connectivity index (χ4n) is 2.72. The summed E-state index contributed by atoms with van der Waals surface area (Å²) in [5.74, 6) is 0.151. The number of carbonyl (C=O) groups is 1. The van der Waals surface area contributed by atoms with E-state index in [1.807, 2.05) is 0 Å². The van der Waals surface area contributed by atoms with Crippen molar-refractivity contribution in [3.63, 3.8) is 0 Å².